The molecule has 0 aromatic carbocycles. The fraction of sp³-hybridized carbons (Fsp3) is 0.167. The first-order valence-electron chi connectivity index (χ1n) is 4.90. The number of pyridine rings is 1. The first-order chi connectivity index (χ1) is 7.86. The number of carbonyl (C=O) groups excluding carboxylic acids is 1. The van der Waals surface area contributed by atoms with E-state index in [-0.39, 0.29) is 12.4 Å². The van der Waals surface area contributed by atoms with Gasteiger partial charge in [-0.1, -0.05) is 0 Å². The van der Waals surface area contributed by atoms with Crippen LogP contribution in [0.4, 0.5) is 0 Å². The van der Waals surface area contributed by atoms with Crippen molar-refractivity contribution in [1.29, 1.82) is 0 Å². The van der Waals surface area contributed by atoms with Crippen LogP contribution in [0.1, 0.15) is 5.56 Å². The third-order valence-corrected chi connectivity index (χ3v) is 2.02. The molecule has 2 rings (SSSR count). The van der Waals surface area contributed by atoms with Gasteiger partial charge in [0.15, 0.2) is 12.4 Å². The second-order valence-electron chi connectivity index (χ2n) is 3.21. The van der Waals surface area contributed by atoms with Gasteiger partial charge in [-0.3, -0.25) is 9.78 Å². The molecule has 0 aliphatic carbocycles. The average molecular weight is 217 g/mol. The summed E-state index contributed by atoms with van der Waals surface area (Å²) in [6.45, 7) is 0.402. The third-order valence-electron chi connectivity index (χ3n) is 2.02. The predicted octanol–water partition coefficient (Wildman–Crippen LogP) is 1.59. The van der Waals surface area contributed by atoms with E-state index >= 15 is 0 Å². The lowest BCUT2D eigenvalue weighted by Crippen LogP contribution is -2.09. The van der Waals surface area contributed by atoms with Gasteiger partial charge in [0.25, 0.3) is 0 Å². The lowest BCUT2D eigenvalue weighted by atomic mass is 10.2. The Balaban J connectivity index is 2.25. The maximum absolute atomic E-state index is 11.3. The number of ketones is 1. The zero-order chi connectivity index (χ0) is 11.2. The Morgan fingerprint density at radius 2 is 2.25 bits per heavy atom. The smallest absolute Gasteiger partial charge is 0.192 e. The summed E-state index contributed by atoms with van der Waals surface area (Å²) in [6.07, 6.45) is 9.71. The number of aromatic nitrogens is 1. The van der Waals surface area contributed by atoms with Crippen molar-refractivity contribution in [3.05, 3.63) is 42.4 Å². The standard InChI is InChI=1S/C12H11NO3/c14-11-2-1-6-15-7-4-10-8-13-5-3-12(10)16-9-11/h1-5,7-8H,6,9H2. The van der Waals surface area contributed by atoms with Crippen molar-refractivity contribution in [3.63, 3.8) is 0 Å². The summed E-state index contributed by atoms with van der Waals surface area (Å²) in [7, 11) is 0. The van der Waals surface area contributed by atoms with E-state index < -0.39 is 0 Å². The second-order valence-corrected chi connectivity index (χ2v) is 3.21. The normalized spacial score (nSPS) is 15.6. The molecule has 1 aromatic rings. The van der Waals surface area contributed by atoms with Crippen LogP contribution in [0.15, 0.2) is 36.9 Å². The van der Waals surface area contributed by atoms with Crippen LogP contribution in [0.3, 0.4) is 0 Å². The molecule has 0 unspecified atom stereocenters. The molecule has 0 radical (unpaired) electrons. The number of rotatable bonds is 0. The lowest BCUT2D eigenvalue weighted by molar-refractivity contribution is -0.116. The molecule has 4 heteroatoms. The molecule has 0 amide bonds. The highest BCUT2D eigenvalue weighted by Crippen LogP contribution is 2.18. The van der Waals surface area contributed by atoms with Crippen LogP contribution in [0.2, 0.25) is 0 Å². The highest BCUT2D eigenvalue weighted by atomic mass is 16.5. The highest BCUT2D eigenvalue weighted by Gasteiger charge is 2.04. The zero-order valence-electron chi connectivity index (χ0n) is 8.63. The van der Waals surface area contributed by atoms with Crippen molar-refractivity contribution in [3.8, 4) is 5.75 Å². The molecule has 0 saturated heterocycles. The SMILES string of the molecule is O=C1C=CCOC=Cc2cnccc2OC1. The summed E-state index contributed by atoms with van der Waals surface area (Å²) in [4.78, 5) is 15.3. The van der Waals surface area contributed by atoms with E-state index in [9.17, 15) is 4.79 Å². The Kier molecular flexibility index (Phi) is 3.33. The molecule has 0 atom stereocenters. The number of ether oxygens (including phenoxy) is 2. The molecule has 4 nitrogen and oxygen atoms in total. The highest BCUT2D eigenvalue weighted by molar-refractivity contribution is 5.91. The molecule has 0 N–H and O–H groups in total. The summed E-state index contributed by atoms with van der Waals surface area (Å²) in [6, 6.07) is 1.72. The molecule has 0 saturated carbocycles. The quantitative estimate of drug-likeness (QED) is 0.662. The molecule has 1 aliphatic heterocycles. The number of hydrogen-bond donors (Lipinski definition) is 0. The molecule has 0 fully saturated rings. The minimum Gasteiger partial charge on any atom is -0.497 e. The monoisotopic (exact) mass is 217 g/mol. The van der Waals surface area contributed by atoms with Crippen LogP contribution in [-0.4, -0.2) is 24.0 Å². The van der Waals surface area contributed by atoms with Gasteiger partial charge in [-0.15, -0.1) is 0 Å². The first kappa shape index (κ1) is 10.4. The number of hydrogen-bond acceptors (Lipinski definition) is 4. The van der Waals surface area contributed by atoms with Crippen molar-refractivity contribution < 1.29 is 14.3 Å². The fourth-order valence-corrected chi connectivity index (χ4v) is 1.26. The Hall–Kier alpha value is -2.10. The van der Waals surface area contributed by atoms with Crippen molar-refractivity contribution in [1.82, 2.24) is 4.98 Å². The maximum atomic E-state index is 11.3. The summed E-state index contributed by atoms with van der Waals surface area (Å²) in [5.74, 6) is 0.534. The van der Waals surface area contributed by atoms with Gasteiger partial charge in [-0.05, 0) is 24.3 Å². The molecule has 0 bridgehead atoms. The van der Waals surface area contributed by atoms with Crippen LogP contribution in [0.5, 0.6) is 5.75 Å². The molecule has 1 aromatic heterocycles. The largest absolute Gasteiger partial charge is 0.497 e. The molecule has 0 spiro atoms. The van der Waals surface area contributed by atoms with E-state index in [1.807, 2.05) is 0 Å². The Morgan fingerprint density at radius 1 is 1.31 bits per heavy atom. The number of fused-ring (bicyclic) bond motifs is 1. The second kappa shape index (κ2) is 5.11. The van der Waals surface area contributed by atoms with Crippen molar-refractivity contribution >= 4 is 11.9 Å². The van der Waals surface area contributed by atoms with E-state index in [0.29, 0.717) is 12.4 Å². The van der Waals surface area contributed by atoms with Gasteiger partial charge < -0.3 is 9.47 Å². The molecule has 2 heterocycles. The van der Waals surface area contributed by atoms with Gasteiger partial charge >= 0.3 is 0 Å². The predicted molar refractivity (Wildman–Crippen MR) is 58.9 cm³/mol. The average Bonchev–Trinajstić information content (AvgIpc) is 2.35. The van der Waals surface area contributed by atoms with Crippen molar-refractivity contribution in [2.75, 3.05) is 13.2 Å². The molecule has 82 valence electrons. The van der Waals surface area contributed by atoms with E-state index in [1.165, 1.54) is 6.08 Å². The van der Waals surface area contributed by atoms with Gasteiger partial charge in [0.1, 0.15) is 12.4 Å². The van der Waals surface area contributed by atoms with Crippen molar-refractivity contribution in [2.45, 2.75) is 0 Å². The van der Waals surface area contributed by atoms with Gasteiger partial charge in [0, 0.05) is 18.0 Å². The fourth-order valence-electron chi connectivity index (χ4n) is 1.26. The van der Waals surface area contributed by atoms with Crippen molar-refractivity contribution in [2.24, 2.45) is 0 Å². The molecular weight excluding hydrogens is 206 g/mol. The van der Waals surface area contributed by atoms with Crippen LogP contribution in [-0.2, 0) is 9.53 Å². The van der Waals surface area contributed by atoms with E-state index in [0.717, 1.165) is 5.56 Å². The van der Waals surface area contributed by atoms with Crippen LogP contribution >= 0.6 is 0 Å². The third kappa shape index (κ3) is 2.70. The lowest BCUT2D eigenvalue weighted by Gasteiger charge is -2.06. The number of carbonyl (C=O) groups is 1. The first-order valence-corrected chi connectivity index (χ1v) is 4.90. The Bertz CT molecular complexity index is 438. The van der Waals surface area contributed by atoms with Crippen LogP contribution in [0.25, 0.3) is 6.08 Å². The Labute approximate surface area is 93.2 Å². The Morgan fingerprint density at radius 3 is 3.19 bits per heavy atom. The summed E-state index contributed by atoms with van der Waals surface area (Å²) in [5.41, 5.74) is 0.789. The minimum absolute atomic E-state index is 0.0291. The number of nitrogens with zero attached hydrogens (tertiary/aromatic N) is 1. The topological polar surface area (TPSA) is 48.4 Å². The molecular formula is C12H11NO3. The van der Waals surface area contributed by atoms with E-state index in [1.54, 1.807) is 36.9 Å². The van der Waals surface area contributed by atoms with Crippen LogP contribution in [0, 0.1) is 0 Å². The van der Waals surface area contributed by atoms with Gasteiger partial charge in [0.2, 0.25) is 0 Å². The van der Waals surface area contributed by atoms with Gasteiger partial charge in [-0.25, -0.2) is 0 Å². The maximum Gasteiger partial charge on any atom is 0.192 e. The van der Waals surface area contributed by atoms with E-state index in [2.05, 4.69) is 4.98 Å². The summed E-state index contributed by atoms with van der Waals surface area (Å²) < 4.78 is 10.6. The minimum atomic E-state index is -0.0896. The van der Waals surface area contributed by atoms with Crippen LogP contribution < -0.4 is 4.74 Å². The summed E-state index contributed by atoms with van der Waals surface area (Å²) >= 11 is 0. The zero-order valence-corrected chi connectivity index (χ0v) is 8.63. The summed E-state index contributed by atoms with van der Waals surface area (Å²) in [5, 5.41) is 0. The van der Waals surface area contributed by atoms with E-state index in [4.69, 9.17) is 9.47 Å². The molecule has 1 aliphatic rings. The molecule has 16 heavy (non-hydrogen) atoms. The van der Waals surface area contributed by atoms with Gasteiger partial charge in [0.05, 0.1) is 6.26 Å². The van der Waals surface area contributed by atoms with Gasteiger partial charge in [-0.2, -0.15) is 0 Å².